The molecule has 3 aromatic rings. The van der Waals surface area contributed by atoms with Crippen LogP contribution in [0, 0.1) is 6.92 Å². The Morgan fingerprint density at radius 3 is 2.77 bits per heavy atom. The minimum atomic E-state index is -1.11. The van der Waals surface area contributed by atoms with Crippen molar-refractivity contribution in [3.8, 4) is 11.4 Å². The lowest BCUT2D eigenvalue weighted by atomic mass is 10.1. The summed E-state index contributed by atoms with van der Waals surface area (Å²) in [6.45, 7) is 4.54. The number of aromatic amines is 1. The van der Waals surface area contributed by atoms with E-state index in [2.05, 4.69) is 10.3 Å². The quantitative estimate of drug-likeness (QED) is 0.415. The Labute approximate surface area is 173 Å². The number of imidazole rings is 1. The van der Waals surface area contributed by atoms with Crippen molar-refractivity contribution in [2.75, 3.05) is 13.7 Å². The number of aliphatic hydroxyl groups is 1. The monoisotopic (exact) mass is 414 g/mol. The topological polar surface area (TPSA) is 129 Å². The predicted octanol–water partition coefficient (Wildman–Crippen LogP) is 1.27. The van der Waals surface area contributed by atoms with Gasteiger partial charge in [0.05, 0.1) is 23.7 Å². The van der Waals surface area contributed by atoms with Gasteiger partial charge in [-0.05, 0) is 37.6 Å². The summed E-state index contributed by atoms with van der Waals surface area (Å²) in [7, 11) is 1.63. The standard InChI is InChI=1S/C21H26N4O5/c1-12-8-15(11-23-20(12)27)19-24-16-9-14(10-22-18(13(2)26)21(28)29)4-5-17(16)25(19)6-7-30-3/h4-5,8-9,11,13,18,22,26H,6-7,10H2,1-3H3,(H,23,27)(H,28,29). The molecule has 0 aliphatic carbocycles. The Bertz CT molecular complexity index is 1100. The molecule has 0 aliphatic heterocycles. The summed E-state index contributed by atoms with van der Waals surface area (Å²) in [5.74, 6) is -0.399. The van der Waals surface area contributed by atoms with Gasteiger partial charge in [-0.15, -0.1) is 0 Å². The Balaban J connectivity index is 1.98. The molecule has 30 heavy (non-hydrogen) atoms. The number of benzene rings is 1. The summed E-state index contributed by atoms with van der Waals surface area (Å²) in [5.41, 5.74) is 3.74. The number of carbonyl (C=O) groups is 1. The average Bonchev–Trinajstić information content (AvgIpc) is 3.05. The summed E-state index contributed by atoms with van der Waals surface area (Å²) in [4.78, 5) is 30.5. The van der Waals surface area contributed by atoms with Crippen LogP contribution in [0.15, 0.2) is 35.3 Å². The van der Waals surface area contributed by atoms with Gasteiger partial charge >= 0.3 is 5.97 Å². The third-order valence-electron chi connectivity index (χ3n) is 4.95. The molecule has 0 spiro atoms. The molecule has 0 amide bonds. The van der Waals surface area contributed by atoms with Crippen molar-refractivity contribution in [1.29, 1.82) is 0 Å². The molecule has 0 bridgehead atoms. The van der Waals surface area contributed by atoms with Gasteiger partial charge in [-0.1, -0.05) is 6.07 Å². The number of aromatic nitrogens is 3. The molecular weight excluding hydrogens is 388 g/mol. The van der Waals surface area contributed by atoms with Gasteiger partial charge in [0.2, 0.25) is 0 Å². The zero-order valence-electron chi connectivity index (χ0n) is 17.2. The molecule has 0 aliphatic rings. The van der Waals surface area contributed by atoms with Crippen LogP contribution < -0.4 is 10.9 Å². The summed E-state index contributed by atoms with van der Waals surface area (Å²) < 4.78 is 7.26. The molecule has 2 atom stereocenters. The van der Waals surface area contributed by atoms with Crippen LogP contribution >= 0.6 is 0 Å². The van der Waals surface area contributed by atoms with Crippen molar-refractivity contribution in [1.82, 2.24) is 19.9 Å². The van der Waals surface area contributed by atoms with E-state index < -0.39 is 18.1 Å². The van der Waals surface area contributed by atoms with Crippen LogP contribution in [0.2, 0.25) is 0 Å². The summed E-state index contributed by atoms with van der Waals surface area (Å²) >= 11 is 0. The second-order valence-electron chi connectivity index (χ2n) is 7.24. The molecule has 2 aromatic heterocycles. The maximum Gasteiger partial charge on any atom is 0.323 e. The zero-order chi connectivity index (χ0) is 21.8. The molecular formula is C21H26N4O5. The van der Waals surface area contributed by atoms with E-state index in [4.69, 9.17) is 9.72 Å². The number of aryl methyl sites for hydroxylation is 1. The third kappa shape index (κ3) is 4.59. The summed E-state index contributed by atoms with van der Waals surface area (Å²) in [5, 5.41) is 21.7. The van der Waals surface area contributed by atoms with Gasteiger partial charge in [-0.2, -0.15) is 0 Å². The van der Waals surface area contributed by atoms with E-state index in [1.807, 2.05) is 22.8 Å². The highest BCUT2D eigenvalue weighted by Crippen LogP contribution is 2.25. The number of aliphatic hydroxyl groups excluding tert-OH is 1. The number of aliphatic carboxylic acids is 1. The van der Waals surface area contributed by atoms with Crippen LogP contribution in [-0.2, 0) is 22.6 Å². The smallest absolute Gasteiger partial charge is 0.323 e. The number of methoxy groups -OCH3 is 1. The van der Waals surface area contributed by atoms with Gasteiger partial charge in [-0.3, -0.25) is 14.9 Å². The number of fused-ring (bicyclic) bond motifs is 1. The number of hydrogen-bond acceptors (Lipinski definition) is 6. The number of nitrogens with zero attached hydrogens (tertiary/aromatic N) is 2. The number of hydrogen-bond donors (Lipinski definition) is 4. The van der Waals surface area contributed by atoms with E-state index in [0.717, 1.165) is 22.2 Å². The van der Waals surface area contributed by atoms with Crippen molar-refractivity contribution in [3.63, 3.8) is 0 Å². The molecule has 2 heterocycles. The normalized spacial score (nSPS) is 13.5. The van der Waals surface area contributed by atoms with E-state index >= 15 is 0 Å². The number of pyridine rings is 1. The lowest BCUT2D eigenvalue weighted by Gasteiger charge is -2.17. The van der Waals surface area contributed by atoms with Crippen LogP contribution in [0.5, 0.6) is 0 Å². The van der Waals surface area contributed by atoms with Crippen molar-refractivity contribution in [2.24, 2.45) is 0 Å². The van der Waals surface area contributed by atoms with Gasteiger partial charge < -0.3 is 24.5 Å². The number of carboxylic acid groups (broad SMARTS) is 1. The Morgan fingerprint density at radius 1 is 1.37 bits per heavy atom. The molecule has 9 heteroatoms. The van der Waals surface area contributed by atoms with E-state index in [9.17, 15) is 19.8 Å². The maximum absolute atomic E-state index is 11.7. The fourth-order valence-corrected chi connectivity index (χ4v) is 3.33. The highest BCUT2D eigenvalue weighted by molar-refractivity contribution is 5.81. The molecule has 9 nitrogen and oxygen atoms in total. The fraction of sp³-hybridized carbons (Fsp3) is 0.381. The number of carboxylic acids is 1. The van der Waals surface area contributed by atoms with Crippen molar-refractivity contribution < 1.29 is 19.7 Å². The Kier molecular flexibility index (Phi) is 6.66. The molecule has 3 rings (SSSR count). The van der Waals surface area contributed by atoms with Crippen molar-refractivity contribution in [2.45, 2.75) is 39.1 Å². The van der Waals surface area contributed by atoms with Crippen LogP contribution in [0.1, 0.15) is 18.1 Å². The first kappa shape index (κ1) is 21.7. The number of rotatable bonds is 9. The van der Waals surface area contributed by atoms with Gasteiger partial charge in [0, 0.05) is 37.5 Å². The van der Waals surface area contributed by atoms with Gasteiger partial charge in [0.1, 0.15) is 11.9 Å². The van der Waals surface area contributed by atoms with E-state index in [1.165, 1.54) is 6.92 Å². The van der Waals surface area contributed by atoms with Gasteiger partial charge in [0.15, 0.2) is 0 Å². The third-order valence-corrected chi connectivity index (χ3v) is 4.95. The fourth-order valence-electron chi connectivity index (χ4n) is 3.33. The molecule has 1 aromatic carbocycles. The highest BCUT2D eigenvalue weighted by atomic mass is 16.5. The first-order valence-corrected chi connectivity index (χ1v) is 9.64. The Hall–Kier alpha value is -3.01. The van der Waals surface area contributed by atoms with Crippen molar-refractivity contribution in [3.05, 3.63) is 51.9 Å². The molecule has 160 valence electrons. The minimum absolute atomic E-state index is 0.141. The van der Waals surface area contributed by atoms with Crippen LogP contribution in [0.25, 0.3) is 22.4 Å². The van der Waals surface area contributed by atoms with Crippen molar-refractivity contribution >= 4 is 17.0 Å². The largest absolute Gasteiger partial charge is 0.480 e. The van der Waals surface area contributed by atoms with E-state index in [0.29, 0.717) is 24.5 Å². The van der Waals surface area contributed by atoms with Crippen LogP contribution in [0.4, 0.5) is 0 Å². The van der Waals surface area contributed by atoms with E-state index in [-0.39, 0.29) is 12.1 Å². The SMILES string of the molecule is COCCn1c(-c2c[nH]c(=O)c(C)c2)nc2cc(CNC(C(=O)O)C(C)O)ccc21. The first-order valence-electron chi connectivity index (χ1n) is 9.64. The lowest BCUT2D eigenvalue weighted by Crippen LogP contribution is -2.44. The lowest BCUT2D eigenvalue weighted by molar-refractivity contribution is -0.142. The second-order valence-corrected chi connectivity index (χ2v) is 7.24. The van der Waals surface area contributed by atoms with Crippen LogP contribution in [-0.4, -0.2) is 56.6 Å². The van der Waals surface area contributed by atoms with Gasteiger partial charge in [-0.25, -0.2) is 4.98 Å². The first-order chi connectivity index (χ1) is 14.3. The zero-order valence-corrected chi connectivity index (χ0v) is 17.2. The Morgan fingerprint density at radius 2 is 2.13 bits per heavy atom. The molecule has 0 fully saturated rings. The second kappa shape index (κ2) is 9.21. The number of nitrogens with one attached hydrogen (secondary N) is 2. The molecule has 0 radical (unpaired) electrons. The minimum Gasteiger partial charge on any atom is -0.480 e. The predicted molar refractivity (Wildman–Crippen MR) is 112 cm³/mol. The number of H-pyrrole nitrogens is 1. The maximum atomic E-state index is 11.7. The molecule has 0 saturated carbocycles. The molecule has 4 N–H and O–H groups in total. The average molecular weight is 414 g/mol. The van der Waals surface area contributed by atoms with E-state index in [1.54, 1.807) is 26.3 Å². The molecule has 0 saturated heterocycles. The number of ether oxygens (including phenoxy) is 1. The van der Waals surface area contributed by atoms with Gasteiger partial charge in [0.25, 0.3) is 5.56 Å². The van der Waals surface area contributed by atoms with Crippen LogP contribution in [0.3, 0.4) is 0 Å². The highest BCUT2D eigenvalue weighted by Gasteiger charge is 2.22. The summed E-state index contributed by atoms with van der Waals surface area (Å²) in [6, 6.07) is 6.44. The summed E-state index contributed by atoms with van der Waals surface area (Å²) in [6.07, 6.45) is 0.622. The molecule has 2 unspecified atom stereocenters.